The molecule has 2 saturated heterocycles. The number of amides is 1. The smallest absolute Gasteiger partial charge is 0.247 e. The molecule has 4 heterocycles. The van der Waals surface area contributed by atoms with Crippen LogP contribution in [0.2, 0.25) is 0 Å². The summed E-state index contributed by atoms with van der Waals surface area (Å²) in [5.41, 5.74) is 4.62. The number of nitrogens with zero attached hydrogens (tertiary/aromatic N) is 4. The third-order valence-corrected chi connectivity index (χ3v) is 8.63. The molecule has 0 bridgehead atoms. The topological polar surface area (TPSA) is 111 Å². The number of piperidine rings is 1. The molecule has 4 N–H and O–H groups in total. The maximum absolute atomic E-state index is 13.0. The number of pyridine rings is 1. The van der Waals surface area contributed by atoms with Crippen LogP contribution in [0, 0.1) is 10.8 Å². The first-order chi connectivity index (χ1) is 20.5. The third kappa shape index (κ3) is 4.38. The number of anilines is 4. The average Bonchev–Trinajstić information content (AvgIpc) is 3.27. The van der Waals surface area contributed by atoms with Gasteiger partial charge < -0.3 is 15.5 Å². The quantitative estimate of drug-likeness (QED) is 0.210. The lowest BCUT2D eigenvalue weighted by Gasteiger charge is -2.43. The molecule has 1 amide bonds. The number of fused-ring (bicyclic) bond motifs is 2. The van der Waals surface area contributed by atoms with E-state index in [4.69, 9.17) is 10.8 Å². The van der Waals surface area contributed by atoms with E-state index in [0.29, 0.717) is 23.7 Å². The van der Waals surface area contributed by atoms with Crippen LogP contribution in [0.5, 0.6) is 0 Å². The Morgan fingerprint density at radius 2 is 1.64 bits per heavy atom. The number of benzene rings is 3. The van der Waals surface area contributed by atoms with Crippen molar-refractivity contribution in [3.05, 3.63) is 114 Å². The summed E-state index contributed by atoms with van der Waals surface area (Å²) >= 11 is 0. The molecule has 2 fully saturated rings. The molecule has 9 heteroatoms. The maximum atomic E-state index is 13.0. The Kier molecular flexibility index (Phi) is 6.43. The van der Waals surface area contributed by atoms with E-state index >= 15 is 0 Å². The Morgan fingerprint density at radius 1 is 0.905 bits per heavy atom. The van der Waals surface area contributed by atoms with E-state index in [9.17, 15) is 4.79 Å². The number of likely N-dealkylation sites (tertiary alicyclic amines) is 1. The molecule has 42 heavy (non-hydrogen) atoms. The summed E-state index contributed by atoms with van der Waals surface area (Å²) in [4.78, 5) is 23.8. The van der Waals surface area contributed by atoms with Crippen molar-refractivity contribution in [1.82, 2.24) is 15.2 Å². The summed E-state index contributed by atoms with van der Waals surface area (Å²) in [6, 6.07) is 29.6. The SMILES string of the molecule is N=C(c1ccc(CN2CCC3(CC2)C(=O)NCN3c2ccccc2)cc1)N1C(=N)c2ccccc2Nc2ncccc21. The fourth-order valence-electron chi connectivity index (χ4n) is 6.34. The van der Waals surface area contributed by atoms with Crippen LogP contribution in [0.4, 0.5) is 22.9 Å². The Bertz CT molecular complexity index is 1660. The highest BCUT2D eigenvalue weighted by atomic mass is 16.2. The van der Waals surface area contributed by atoms with Gasteiger partial charge in [0.1, 0.15) is 17.2 Å². The number of rotatable bonds is 4. The first-order valence-electron chi connectivity index (χ1n) is 14.2. The first-order valence-corrected chi connectivity index (χ1v) is 14.2. The molecule has 1 spiro atoms. The van der Waals surface area contributed by atoms with Gasteiger partial charge in [0.15, 0.2) is 5.82 Å². The molecule has 9 nitrogen and oxygen atoms in total. The first kappa shape index (κ1) is 25.9. The Labute approximate surface area is 244 Å². The number of hydrogen-bond acceptors (Lipinski definition) is 7. The highest BCUT2D eigenvalue weighted by molar-refractivity contribution is 6.30. The average molecular weight is 557 g/mol. The van der Waals surface area contributed by atoms with Crippen LogP contribution in [0.25, 0.3) is 0 Å². The molecule has 0 unspecified atom stereocenters. The Hall–Kier alpha value is -5.02. The number of hydrogen-bond donors (Lipinski definition) is 4. The summed E-state index contributed by atoms with van der Waals surface area (Å²) < 4.78 is 0. The van der Waals surface area contributed by atoms with Crippen LogP contribution < -0.4 is 20.4 Å². The highest BCUT2D eigenvalue weighted by Crippen LogP contribution is 2.37. The summed E-state index contributed by atoms with van der Waals surface area (Å²) in [5.74, 6) is 1.18. The zero-order valence-corrected chi connectivity index (χ0v) is 23.2. The lowest BCUT2D eigenvalue weighted by atomic mass is 9.85. The van der Waals surface area contributed by atoms with Crippen molar-refractivity contribution in [2.45, 2.75) is 24.9 Å². The summed E-state index contributed by atoms with van der Waals surface area (Å²) in [5, 5.41) is 24.6. The van der Waals surface area contributed by atoms with Crippen molar-refractivity contribution in [2.24, 2.45) is 0 Å². The summed E-state index contributed by atoms with van der Waals surface area (Å²) in [6.45, 7) is 2.98. The van der Waals surface area contributed by atoms with Crippen molar-refractivity contribution in [3.8, 4) is 0 Å². The van der Waals surface area contributed by atoms with Gasteiger partial charge in [-0.25, -0.2) is 4.98 Å². The lowest BCUT2D eigenvalue weighted by molar-refractivity contribution is -0.125. The van der Waals surface area contributed by atoms with E-state index in [2.05, 4.69) is 49.7 Å². The summed E-state index contributed by atoms with van der Waals surface area (Å²) in [7, 11) is 0. The molecule has 1 aromatic heterocycles. The number of amidine groups is 2. The zero-order valence-electron chi connectivity index (χ0n) is 23.2. The molecule has 0 atom stereocenters. The fourth-order valence-corrected chi connectivity index (χ4v) is 6.34. The van der Waals surface area contributed by atoms with Crippen LogP contribution in [0.15, 0.2) is 97.2 Å². The van der Waals surface area contributed by atoms with Gasteiger partial charge in [-0.2, -0.15) is 0 Å². The largest absolute Gasteiger partial charge is 0.339 e. The Morgan fingerprint density at radius 3 is 2.43 bits per heavy atom. The van der Waals surface area contributed by atoms with E-state index in [1.807, 2.05) is 66.7 Å². The molecule has 0 saturated carbocycles. The van der Waals surface area contributed by atoms with Crippen LogP contribution in [-0.2, 0) is 11.3 Å². The number of carbonyl (C=O) groups excluding carboxylic acids is 1. The minimum Gasteiger partial charge on any atom is -0.339 e. The number of para-hydroxylation sites is 2. The standard InChI is InChI=1S/C33H32N8O/c34-29(41-28-11-6-18-36-31(28)38-27-10-5-4-9-26(27)30(41)35)24-14-12-23(13-15-24)21-39-19-16-33(17-20-39)32(42)37-22-40(33)25-7-2-1-3-8-25/h1-15,18,34-35H,16-17,19-22H2,(H,36,38)(H,37,42). The lowest BCUT2D eigenvalue weighted by Crippen LogP contribution is -2.56. The second kappa shape index (κ2) is 10.4. The molecule has 7 rings (SSSR count). The van der Waals surface area contributed by atoms with Crippen LogP contribution >= 0.6 is 0 Å². The zero-order chi connectivity index (χ0) is 28.7. The fraction of sp³-hybridized carbons (Fsp3) is 0.212. The predicted octanol–water partition coefficient (Wildman–Crippen LogP) is 4.92. The van der Waals surface area contributed by atoms with Crippen molar-refractivity contribution in [2.75, 3.05) is 34.9 Å². The van der Waals surface area contributed by atoms with Gasteiger partial charge in [0.05, 0.1) is 18.0 Å². The minimum absolute atomic E-state index is 0.127. The number of aromatic nitrogens is 1. The molecule has 210 valence electrons. The van der Waals surface area contributed by atoms with Gasteiger partial charge in [-0.1, -0.05) is 54.6 Å². The second-order valence-electron chi connectivity index (χ2n) is 11.0. The van der Waals surface area contributed by atoms with Crippen molar-refractivity contribution in [1.29, 1.82) is 10.8 Å². The molecular weight excluding hydrogens is 524 g/mol. The Balaban J connectivity index is 1.06. The predicted molar refractivity (Wildman–Crippen MR) is 166 cm³/mol. The minimum atomic E-state index is -0.493. The molecular formula is C33H32N8O. The number of carbonyl (C=O) groups is 1. The normalized spacial score (nSPS) is 17.7. The van der Waals surface area contributed by atoms with Gasteiger partial charge in [0, 0.05) is 42.6 Å². The highest BCUT2D eigenvalue weighted by Gasteiger charge is 2.50. The van der Waals surface area contributed by atoms with Gasteiger partial charge in [0.2, 0.25) is 5.91 Å². The van der Waals surface area contributed by atoms with Crippen LogP contribution in [0.1, 0.15) is 29.5 Å². The van der Waals surface area contributed by atoms with Gasteiger partial charge in [-0.05, 0) is 54.8 Å². The monoisotopic (exact) mass is 556 g/mol. The van der Waals surface area contributed by atoms with E-state index in [0.717, 1.165) is 55.0 Å². The number of nitrogens with one attached hydrogen (secondary N) is 4. The maximum Gasteiger partial charge on any atom is 0.247 e. The van der Waals surface area contributed by atoms with Gasteiger partial charge in [-0.15, -0.1) is 0 Å². The third-order valence-electron chi connectivity index (χ3n) is 8.63. The van der Waals surface area contributed by atoms with Crippen molar-refractivity contribution < 1.29 is 4.79 Å². The van der Waals surface area contributed by atoms with Crippen molar-refractivity contribution in [3.63, 3.8) is 0 Å². The van der Waals surface area contributed by atoms with E-state index < -0.39 is 5.54 Å². The van der Waals surface area contributed by atoms with E-state index in [-0.39, 0.29) is 17.6 Å². The van der Waals surface area contributed by atoms with Gasteiger partial charge in [0.25, 0.3) is 0 Å². The van der Waals surface area contributed by atoms with E-state index in [1.165, 1.54) is 0 Å². The summed E-state index contributed by atoms with van der Waals surface area (Å²) in [6.07, 6.45) is 3.26. The molecule has 4 aromatic rings. The molecule has 3 aromatic carbocycles. The molecule has 3 aliphatic heterocycles. The van der Waals surface area contributed by atoms with E-state index in [1.54, 1.807) is 11.1 Å². The van der Waals surface area contributed by atoms with Crippen LogP contribution in [0.3, 0.4) is 0 Å². The molecule has 3 aliphatic rings. The van der Waals surface area contributed by atoms with Crippen molar-refractivity contribution >= 4 is 40.5 Å². The van der Waals surface area contributed by atoms with Gasteiger partial charge in [-0.3, -0.25) is 25.4 Å². The molecule has 0 aliphatic carbocycles. The van der Waals surface area contributed by atoms with Crippen LogP contribution in [-0.4, -0.2) is 52.8 Å². The van der Waals surface area contributed by atoms with Gasteiger partial charge >= 0.3 is 0 Å². The second-order valence-corrected chi connectivity index (χ2v) is 11.0. The molecule has 0 radical (unpaired) electrons.